The van der Waals surface area contributed by atoms with Crippen LogP contribution in [0.3, 0.4) is 0 Å². The van der Waals surface area contributed by atoms with Crippen LogP contribution in [0, 0.1) is 5.82 Å². The maximum atomic E-state index is 12.8. The quantitative estimate of drug-likeness (QED) is 0.605. The topological polar surface area (TPSA) is 93.5 Å². The summed E-state index contributed by atoms with van der Waals surface area (Å²) in [6, 6.07) is 12.8. The number of ether oxygens (including phenoxy) is 1. The molecule has 7 heteroatoms. The average molecular weight is 345 g/mol. The molecule has 0 bridgehead atoms. The van der Waals surface area contributed by atoms with Crippen LogP contribution in [0.15, 0.2) is 48.5 Å². The van der Waals surface area contributed by atoms with Gasteiger partial charge in [-0.3, -0.25) is 9.59 Å². The van der Waals surface area contributed by atoms with E-state index in [-0.39, 0.29) is 24.7 Å². The number of para-hydroxylation sites is 1. The fraction of sp³-hybridized carbons (Fsp3) is 0.222. The molecule has 0 aliphatic carbocycles. The Bertz CT molecular complexity index is 720. The highest BCUT2D eigenvalue weighted by Crippen LogP contribution is 2.15. The minimum Gasteiger partial charge on any atom is -0.492 e. The lowest BCUT2D eigenvalue weighted by Crippen LogP contribution is -2.28. The van der Waals surface area contributed by atoms with Gasteiger partial charge in [-0.05, 0) is 36.4 Å². The van der Waals surface area contributed by atoms with Crippen molar-refractivity contribution >= 4 is 17.5 Å². The van der Waals surface area contributed by atoms with Gasteiger partial charge in [-0.1, -0.05) is 12.1 Å². The van der Waals surface area contributed by atoms with Crippen molar-refractivity contribution < 1.29 is 18.7 Å². The summed E-state index contributed by atoms with van der Waals surface area (Å²) < 4.78 is 18.3. The molecule has 25 heavy (non-hydrogen) atoms. The summed E-state index contributed by atoms with van der Waals surface area (Å²) in [5.74, 6) is -0.504. The van der Waals surface area contributed by atoms with Crippen molar-refractivity contribution in [3.63, 3.8) is 0 Å². The summed E-state index contributed by atoms with van der Waals surface area (Å²) in [4.78, 5) is 22.9. The summed E-state index contributed by atoms with van der Waals surface area (Å²) in [5.41, 5.74) is 6.17. The van der Waals surface area contributed by atoms with E-state index in [4.69, 9.17) is 10.5 Å². The van der Waals surface area contributed by atoms with Gasteiger partial charge in [0.2, 0.25) is 5.91 Å². The molecule has 0 aliphatic heterocycles. The fourth-order valence-electron chi connectivity index (χ4n) is 2.12. The molecule has 2 rings (SSSR count). The highest BCUT2D eigenvalue weighted by molar-refractivity contribution is 5.99. The normalized spacial score (nSPS) is 10.1. The van der Waals surface area contributed by atoms with E-state index in [1.54, 1.807) is 30.3 Å². The molecule has 0 radical (unpaired) electrons. The van der Waals surface area contributed by atoms with Crippen molar-refractivity contribution in [3.8, 4) is 5.75 Å². The maximum absolute atomic E-state index is 12.8. The Morgan fingerprint density at radius 2 is 1.76 bits per heavy atom. The first-order valence-corrected chi connectivity index (χ1v) is 7.84. The number of benzene rings is 2. The molecule has 0 heterocycles. The predicted octanol–water partition coefficient (Wildman–Crippen LogP) is 1.92. The largest absolute Gasteiger partial charge is 0.492 e. The van der Waals surface area contributed by atoms with Crippen LogP contribution in [0.2, 0.25) is 0 Å². The molecule has 6 nitrogen and oxygen atoms in total. The van der Waals surface area contributed by atoms with Crippen molar-refractivity contribution in [1.82, 2.24) is 5.32 Å². The molecule has 0 atom stereocenters. The molecule has 132 valence electrons. The molecule has 0 saturated heterocycles. The van der Waals surface area contributed by atoms with Crippen molar-refractivity contribution in [1.29, 1.82) is 0 Å². The van der Waals surface area contributed by atoms with Crippen LogP contribution in [-0.4, -0.2) is 31.5 Å². The number of hydrogen-bond acceptors (Lipinski definition) is 4. The number of amides is 2. The lowest BCUT2D eigenvalue weighted by atomic mass is 10.1. The Hall–Kier alpha value is -3.09. The summed E-state index contributed by atoms with van der Waals surface area (Å²) in [6.07, 6.45) is 0.0901. The fourth-order valence-corrected chi connectivity index (χ4v) is 2.12. The van der Waals surface area contributed by atoms with Crippen LogP contribution in [0.5, 0.6) is 5.75 Å². The average Bonchev–Trinajstić information content (AvgIpc) is 2.60. The minimum atomic E-state index is -0.468. The van der Waals surface area contributed by atoms with E-state index >= 15 is 0 Å². The molecule has 4 N–H and O–H groups in total. The number of carbonyl (C=O) groups is 2. The molecule has 2 aromatic carbocycles. The van der Waals surface area contributed by atoms with Crippen molar-refractivity contribution in [2.24, 2.45) is 5.73 Å². The Kier molecular flexibility index (Phi) is 6.76. The Labute approximate surface area is 145 Å². The lowest BCUT2D eigenvalue weighted by Gasteiger charge is -2.12. The number of carbonyl (C=O) groups excluding carboxylic acids is 2. The third-order valence-corrected chi connectivity index (χ3v) is 3.33. The maximum Gasteiger partial charge on any atom is 0.253 e. The van der Waals surface area contributed by atoms with Crippen LogP contribution in [0.1, 0.15) is 16.8 Å². The molecule has 0 saturated carbocycles. The van der Waals surface area contributed by atoms with Gasteiger partial charge in [-0.15, -0.1) is 0 Å². The Morgan fingerprint density at radius 1 is 1.04 bits per heavy atom. The molecule has 0 unspecified atom stereocenters. The molecule has 2 amide bonds. The van der Waals surface area contributed by atoms with Gasteiger partial charge in [0.25, 0.3) is 5.91 Å². The first-order chi connectivity index (χ1) is 12.1. The molecule has 2 aromatic rings. The van der Waals surface area contributed by atoms with Gasteiger partial charge >= 0.3 is 0 Å². The van der Waals surface area contributed by atoms with Crippen LogP contribution in [0.25, 0.3) is 0 Å². The number of halogens is 1. The SMILES string of the molecule is NC(=O)CCNC(=O)c1ccccc1NCCOc1ccc(F)cc1. The van der Waals surface area contributed by atoms with Crippen LogP contribution in [-0.2, 0) is 4.79 Å². The molecular formula is C18H20FN3O3. The minimum absolute atomic E-state index is 0.0901. The van der Waals surface area contributed by atoms with Crippen molar-refractivity contribution in [2.45, 2.75) is 6.42 Å². The van der Waals surface area contributed by atoms with E-state index in [0.29, 0.717) is 30.2 Å². The number of hydrogen-bond donors (Lipinski definition) is 3. The zero-order valence-corrected chi connectivity index (χ0v) is 13.6. The molecule has 0 aromatic heterocycles. The number of nitrogens with two attached hydrogens (primary N) is 1. The van der Waals surface area contributed by atoms with E-state index < -0.39 is 5.91 Å². The van der Waals surface area contributed by atoms with Crippen LogP contribution < -0.4 is 21.1 Å². The van der Waals surface area contributed by atoms with Gasteiger partial charge in [0.1, 0.15) is 18.2 Å². The Morgan fingerprint density at radius 3 is 2.48 bits per heavy atom. The number of anilines is 1. The third-order valence-electron chi connectivity index (χ3n) is 3.33. The van der Waals surface area contributed by atoms with Crippen molar-refractivity contribution in [2.75, 3.05) is 25.0 Å². The van der Waals surface area contributed by atoms with Crippen LogP contribution in [0.4, 0.5) is 10.1 Å². The van der Waals surface area contributed by atoms with Gasteiger partial charge in [-0.2, -0.15) is 0 Å². The second-order valence-corrected chi connectivity index (χ2v) is 5.25. The number of nitrogens with one attached hydrogen (secondary N) is 2. The van der Waals surface area contributed by atoms with Gasteiger partial charge in [0.05, 0.1) is 5.56 Å². The van der Waals surface area contributed by atoms with E-state index in [1.165, 1.54) is 12.1 Å². The van der Waals surface area contributed by atoms with E-state index in [1.807, 2.05) is 6.07 Å². The first-order valence-electron chi connectivity index (χ1n) is 7.84. The summed E-state index contributed by atoms with van der Waals surface area (Å²) in [7, 11) is 0. The second kappa shape index (κ2) is 9.27. The van der Waals surface area contributed by atoms with Gasteiger partial charge < -0.3 is 21.1 Å². The second-order valence-electron chi connectivity index (χ2n) is 5.25. The highest BCUT2D eigenvalue weighted by atomic mass is 19.1. The lowest BCUT2D eigenvalue weighted by molar-refractivity contribution is -0.117. The summed E-state index contributed by atoms with van der Waals surface area (Å²) >= 11 is 0. The third kappa shape index (κ3) is 6.14. The molecule has 0 fully saturated rings. The van der Waals surface area contributed by atoms with Gasteiger partial charge in [-0.25, -0.2) is 4.39 Å². The van der Waals surface area contributed by atoms with E-state index in [9.17, 15) is 14.0 Å². The molecular weight excluding hydrogens is 325 g/mol. The zero-order chi connectivity index (χ0) is 18.1. The summed E-state index contributed by atoms with van der Waals surface area (Å²) in [6.45, 7) is 1.00. The highest BCUT2D eigenvalue weighted by Gasteiger charge is 2.10. The van der Waals surface area contributed by atoms with Gasteiger partial charge in [0.15, 0.2) is 0 Å². The summed E-state index contributed by atoms with van der Waals surface area (Å²) in [5, 5.41) is 5.77. The van der Waals surface area contributed by atoms with Gasteiger partial charge in [0, 0.05) is 25.2 Å². The monoisotopic (exact) mass is 345 g/mol. The number of primary amides is 1. The number of rotatable bonds is 9. The zero-order valence-electron chi connectivity index (χ0n) is 13.6. The van der Waals surface area contributed by atoms with Crippen LogP contribution >= 0.6 is 0 Å². The standard InChI is InChI=1S/C18H20FN3O3/c19-13-5-7-14(8-6-13)25-12-11-21-16-4-2-1-3-15(16)18(24)22-10-9-17(20)23/h1-8,21H,9-12H2,(H2,20,23)(H,22,24). The van der Waals surface area contributed by atoms with E-state index in [0.717, 1.165) is 0 Å². The molecule has 0 aliphatic rings. The predicted molar refractivity (Wildman–Crippen MR) is 93.0 cm³/mol. The van der Waals surface area contributed by atoms with E-state index in [2.05, 4.69) is 10.6 Å². The first kappa shape index (κ1) is 18.3. The smallest absolute Gasteiger partial charge is 0.253 e. The molecule has 0 spiro atoms. The Balaban J connectivity index is 1.84. The van der Waals surface area contributed by atoms with Crippen molar-refractivity contribution in [3.05, 3.63) is 59.9 Å².